The molecule has 3 aromatic rings. The lowest BCUT2D eigenvalue weighted by molar-refractivity contribution is -0.125. The van der Waals surface area contributed by atoms with Crippen LogP contribution in [0.25, 0.3) is 10.1 Å². The fourth-order valence-corrected chi connectivity index (χ4v) is 6.98. The number of thiophene rings is 1. The van der Waals surface area contributed by atoms with Gasteiger partial charge in [0.25, 0.3) is 5.91 Å². The normalized spacial score (nSPS) is 22.8. The summed E-state index contributed by atoms with van der Waals surface area (Å²) >= 11 is 1.22. The smallest absolute Gasteiger partial charge is 0.262 e. The van der Waals surface area contributed by atoms with Crippen LogP contribution in [0.2, 0.25) is 0 Å². The van der Waals surface area contributed by atoms with Gasteiger partial charge in [0.05, 0.1) is 15.6 Å². The third-order valence-corrected chi connectivity index (χ3v) is 9.12. The number of hydrogen-bond donors (Lipinski definition) is 4. The number of ketones is 1. The number of rotatable bonds is 5. The van der Waals surface area contributed by atoms with E-state index in [9.17, 15) is 14.4 Å². The number of aryl methyl sites for hydroxylation is 1. The van der Waals surface area contributed by atoms with Crippen molar-refractivity contribution >= 4 is 44.7 Å². The first-order chi connectivity index (χ1) is 18.0. The predicted molar refractivity (Wildman–Crippen MR) is 151 cm³/mol. The van der Waals surface area contributed by atoms with E-state index in [4.69, 9.17) is 17.2 Å². The van der Waals surface area contributed by atoms with Crippen LogP contribution < -0.4 is 22.5 Å². The van der Waals surface area contributed by atoms with E-state index in [1.807, 2.05) is 19.1 Å². The highest BCUT2D eigenvalue weighted by molar-refractivity contribution is 7.21. The zero-order valence-electron chi connectivity index (χ0n) is 21.8. The lowest BCUT2D eigenvalue weighted by atomic mass is 9.69. The van der Waals surface area contributed by atoms with E-state index in [-0.39, 0.29) is 23.6 Å². The highest BCUT2D eigenvalue weighted by Crippen LogP contribution is 2.50. The minimum absolute atomic E-state index is 0.167. The van der Waals surface area contributed by atoms with Crippen LogP contribution in [0.5, 0.6) is 0 Å². The standard InChI is InChI=1S/C29H33N5O3S/c1-5-21(35)34-11-10-17(13-34)33-28(37)26-23-22-19(8-9-20(30)25(22)38-26)29(32,27(36)24(23)31)18-7-6-16(14(2)3)12-15(18)4/h5-9,12,14,17,24H,1,10-11,13,30-32H2,2-4H3,(H,33,37). The molecule has 0 spiro atoms. The van der Waals surface area contributed by atoms with Gasteiger partial charge in [0.15, 0.2) is 5.78 Å². The van der Waals surface area contributed by atoms with Gasteiger partial charge >= 0.3 is 0 Å². The number of Topliss-reactive ketones (excluding diaryl/α,β-unsaturated/α-hetero) is 1. The second-order valence-corrected chi connectivity index (χ2v) is 11.6. The Bertz CT molecular complexity index is 1510. The summed E-state index contributed by atoms with van der Waals surface area (Å²) in [6.45, 7) is 10.6. The Morgan fingerprint density at radius 2 is 1.95 bits per heavy atom. The minimum Gasteiger partial charge on any atom is -0.398 e. The van der Waals surface area contributed by atoms with Gasteiger partial charge in [-0.3, -0.25) is 14.4 Å². The van der Waals surface area contributed by atoms with Crippen molar-refractivity contribution in [2.24, 2.45) is 11.5 Å². The third-order valence-electron chi connectivity index (χ3n) is 7.87. The van der Waals surface area contributed by atoms with E-state index in [0.717, 1.165) is 11.1 Å². The van der Waals surface area contributed by atoms with E-state index in [0.29, 0.717) is 62.8 Å². The van der Waals surface area contributed by atoms with Gasteiger partial charge in [-0.25, -0.2) is 0 Å². The molecule has 7 N–H and O–H groups in total. The number of nitrogens with two attached hydrogens (primary N) is 3. The maximum absolute atomic E-state index is 14.0. The summed E-state index contributed by atoms with van der Waals surface area (Å²) in [7, 11) is 0. The second-order valence-electron chi connectivity index (χ2n) is 10.6. The van der Waals surface area contributed by atoms with Crippen molar-refractivity contribution in [1.82, 2.24) is 10.2 Å². The van der Waals surface area contributed by atoms with Crippen molar-refractivity contribution in [2.75, 3.05) is 18.8 Å². The average molecular weight is 532 g/mol. The molecule has 3 atom stereocenters. The average Bonchev–Trinajstić information content (AvgIpc) is 3.52. The molecule has 2 aliphatic rings. The summed E-state index contributed by atoms with van der Waals surface area (Å²) in [6.07, 6.45) is 1.90. The van der Waals surface area contributed by atoms with Crippen molar-refractivity contribution in [1.29, 1.82) is 0 Å². The molecule has 2 amide bonds. The van der Waals surface area contributed by atoms with Crippen molar-refractivity contribution in [2.45, 2.75) is 50.7 Å². The summed E-state index contributed by atoms with van der Waals surface area (Å²) in [4.78, 5) is 41.5. The van der Waals surface area contributed by atoms with Gasteiger partial charge in [-0.2, -0.15) is 0 Å². The maximum Gasteiger partial charge on any atom is 0.262 e. The summed E-state index contributed by atoms with van der Waals surface area (Å²) in [5, 5.41) is 3.70. The van der Waals surface area contributed by atoms with Crippen LogP contribution >= 0.6 is 11.3 Å². The van der Waals surface area contributed by atoms with Crippen LogP contribution in [-0.4, -0.2) is 41.6 Å². The van der Waals surface area contributed by atoms with Crippen molar-refractivity contribution in [3.63, 3.8) is 0 Å². The molecule has 1 aliphatic heterocycles. The quantitative estimate of drug-likeness (QED) is 0.294. The van der Waals surface area contributed by atoms with Crippen LogP contribution in [0.1, 0.15) is 69.7 Å². The third kappa shape index (κ3) is 3.84. The topological polar surface area (TPSA) is 145 Å². The van der Waals surface area contributed by atoms with Crippen LogP contribution in [0.3, 0.4) is 0 Å². The summed E-state index contributed by atoms with van der Waals surface area (Å²) in [5.74, 6) is -0.544. The first kappa shape index (κ1) is 26.1. The largest absolute Gasteiger partial charge is 0.398 e. The number of carbonyl (C=O) groups is 3. The van der Waals surface area contributed by atoms with Gasteiger partial charge in [0.1, 0.15) is 5.54 Å². The van der Waals surface area contributed by atoms with E-state index < -0.39 is 11.6 Å². The van der Waals surface area contributed by atoms with Crippen LogP contribution in [-0.2, 0) is 15.1 Å². The van der Waals surface area contributed by atoms with E-state index in [1.165, 1.54) is 17.4 Å². The number of carbonyl (C=O) groups excluding carboxylic acids is 3. The molecule has 0 saturated carbocycles. The van der Waals surface area contributed by atoms with Gasteiger partial charge in [-0.05, 0) is 53.7 Å². The first-order valence-corrected chi connectivity index (χ1v) is 13.6. The molecule has 8 nitrogen and oxygen atoms in total. The first-order valence-electron chi connectivity index (χ1n) is 12.8. The van der Waals surface area contributed by atoms with Crippen molar-refractivity contribution < 1.29 is 14.4 Å². The van der Waals surface area contributed by atoms with E-state index >= 15 is 0 Å². The monoisotopic (exact) mass is 531 g/mol. The zero-order chi connectivity index (χ0) is 27.5. The van der Waals surface area contributed by atoms with E-state index in [1.54, 1.807) is 17.0 Å². The molecule has 1 fully saturated rings. The van der Waals surface area contributed by atoms with Crippen LogP contribution in [0.4, 0.5) is 5.69 Å². The molecule has 1 saturated heterocycles. The Labute approximate surface area is 225 Å². The molecule has 0 bridgehead atoms. The number of anilines is 1. The molecule has 0 radical (unpaired) electrons. The molecular weight excluding hydrogens is 498 g/mol. The Morgan fingerprint density at radius 3 is 2.61 bits per heavy atom. The fraction of sp³-hybridized carbons (Fsp3) is 0.345. The zero-order valence-corrected chi connectivity index (χ0v) is 22.7. The highest BCUT2D eigenvalue weighted by Gasteiger charge is 2.49. The lowest BCUT2D eigenvalue weighted by Crippen LogP contribution is -2.53. The fourth-order valence-electron chi connectivity index (χ4n) is 5.77. The van der Waals surface area contributed by atoms with Crippen LogP contribution in [0.15, 0.2) is 43.0 Å². The Morgan fingerprint density at radius 1 is 1.24 bits per heavy atom. The van der Waals surface area contributed by atoms with Gasteiger partial charge in [0, 0.05) is 35.8 Å². The van der Waals surface area contributed by atoms with E-state index in [2.05, 4.69) is 31.8 Å². The van der Waals surface area contributed by atoms with Gasteiger partial charge in [-0.1, -0.05) is 44.7 Å². The molecule has 1 aliphatic carbocycles. The predicted octanol–water partition coefficient (Wildman–Crippen LogP) is 3.22. The number of likely N-dealkylation sites (tertiary alicyclic amines) is 1. The summed E-state index contributed by atoms with van der Waals surface area (Å²) in [6, 6.07) is 8.18. The lowest BCUT2D eigenvalue weighted by Gasteiger charge is -2.37. The number of benzene rings is 2. The minimum atomic E-state index is -1.48. The highest BCUT2D eigenvalue weighted by atomic mass is 32.1. The molecule has 38 heavy (non-hydrogen) atoms. The summed E-state index contributed by atoms with van der Waals surface area (Å²) in [5.41, 5.74) is 22.8. The van der Waals surface area contributed by atoms with Crippen molar-refractivity contribution in [3.8, 4) is 0 Å². The number of nitrogens with one attached hydrogen (secondary N) is 1. The van der Waals surface area contributed by atoms with Gasteiger partial charge in [0.2, 0.25) is 5.91 Å². The number of nitrogen functional groups attached to an aromatic ring is 1. The molecular formula is C29H33N5O3S. The molecule has 2 heterocycles. The summed E-state index contributed by atoms with van der Waals surface area (Å²) < 4.78 is 0.687. The molecule has 2 aromatic carbocycles. The maximum atomic E-state index is 14.0. The van der Waals surface area contributed by atoms with Crippen molar-refractivity contribution in [3.05, 3.63) is 75.7 Å². The number of hydrogen-bond acceptors (Lipinski definition) is 7. The number of nitrogens with zero attached hydrogens (tertiary/aromatic N) is 1. The number of amides is 2. The van der Waals surface area contributed by atoms with Crippen LogP contribution in [0, 0.1) is 6.92 Å². The molecule has 9 heteroatoms. The second kappa shape index (κ2) is 9.34. The molecule has 198 valence electrons. The molecule has 5 rings (SSSR count). The van der Waals surface area contributed by atoms with Gasteiger partial charge in [-0.15, -0.1) is 11.3 Å². The molecule has 3 unspecified atom stereocenters. The van der Waals surface area contributed by atoms with Gasteiger partial charge < -0.3 is 27.4 Å². The Kier molecular flexibility index (Phi) is 6.41. The Hall–Kier alpha value is -3.53. The Balaban J connectivity index is 1.61. The molecule has 1 aromatic heterocycles. The SMILES string of the molecule is C=CC(=O)N1CCC(NC(=O)c2sc3c(N)ccc4c3c2C(N)C(=O)C4(N)c2ccc(C(C)C)cc2C)C1.